The Morgan fingerprint density at radius 3 is 2.71 bits per heavy atom. The van der Waals surface area contributed by atoms with E-state index in [-0.39, 0.29) is 6.10 Å². The molecule has 0 N–H and O–H groups in total. The van der Waals surface area contributed by atoms with E-state index in [4.69, 9.17) is 21.1 Å². The summed E-state index contributed by atoms with van der Waals surface area (Å²) >= 11 is 8.37. The Morgan fingerprint density at radius 2 is 2.08 bits per heavy atom. The minimum atomic E-state index is -1.10. The Bertz CT molecular complexity index is 728. The molecule has 2 heterocycles. The van der Waals surface area contributed by atoms with Gasteiger partial charge in [0.25, 0.3) is 0 Å². The maximum absolute atomic E-state index is 6.25. The average molecular weight is 480 g/mol. The lowest BCUT2D eigenvalue weighted by atomic mass is 9.96. The van der Waals surface area contributed by atoms with Crippen molar-refractivity contribution in [1.29, 1.82) is 0 Å². The number of fused-ring (bicyclic) bond motifs is 1. The third-order valence-electron chi connectivity index (χ3n) is 4.16. The lowest BCUT2D eigenvalue weighted by Gasteiger charge is -2.26. The molecule has 0 amide bonds. The number of hydrogen-bond donors (Lipinski definition) is 0. The van der Waals surface area contributed by atoms with E-state index in [9.17, 15) is 0 Å². The highest BCUT2D eigenvalue weighted by molar-refractivity contribution is 14.1. The zero-order valence-corrected chi connectivity index (χ0v) is 18.2. The van der Waals surface area contributed by atoms with E-state index in [1.807, 2.05) is 10.6 Å². The molecule has 2 aromatic rings. The molecule has 1 fully saturated rings. The largest absolute Gasteiger partial charge is 0.461 e. The second-order valence-electron chi connectivity index (χ2n) is 7.44. The molecule has 8 heteroatoms. The van der Waals surface area contributed by atoms with Gasteiger partial charge in [-0.05, 0) is 54.0 Å². The molecular formula is C16H23ClIN3O2Si. The summed E-state index contributed by atoms with van der Waals surface area (Å²) in [6, 6.07) is 3.62. The molecule has 24 heavy (non-hydrogen) atoms. The molecule has 0 unspecified atom stereocenters. The van der Waals surface area contributed by atoms with Crippen molar-refractivity contribution in [1.82, 2.24) is 14.5 Å². The van der Waals surface area contributed by atoms with Gasteiger partial charge in [-0.2, -0.15) is 4.98 Å². The van der Waals surface area contributed by atoms with Gasteiger partial charge >= 0.3 is 6.01 Å². The summed E-state index contributed by atoms with van der Waals surface area (Å²) < 4.78 is 14.7. The predicted molar refractivity (Wildman–Crippen MR) is 108 cm³/mol. The lowest BCUT2D eigenvalue weighted by Crippen LogP contribution is -2.26. The fourth-order valence-corrected chi connectivity index (χ4v) is 3.66. The van der Waals surface area contributed by atoms with E-state index >= 15 is 0 Å². The molecule has 0 aliphatic heterocycles. The maximum Gasteiger partial charge on any atom is 0.301 e. The van der Waals surface area contributed by atoms with Gasteiger partial charge in [-0.3, -0.25) is 4.57 Å². The predicted octanol–water partition coefficient (Wildman–Crippen LogP) is 4.93. The number of hydrogen-bond acceptors (Lipinski definition) is 4. The third-order valence-corrected chi connectivity index (χ3v) is 7.29. The van der Waals surface area contributed by atoms with E-state index in [0.717, 1.165) is 34.7 Å². The Morgan fingerprint density at radius 1 is 1.33 bits per heavy atom. The number of aromatic nitrogens is 3. The van der Waals surface area contributed by atoms with E-state index < -0.39 is 8.07 Å². The Hall–Kier alpha value is -0.383. The molecule has 1 saturated carbocycles. The fraction of sp³-hybridized carbons (Fsp3) is 0.625. The lowest BCUT2D eigenvalue weighted by molar-refractivity contribution is 0.0616. The van der Waals surface area contributed by atoms with E-state index in [1.54, 1.807) is 0 Å². The molecular weight excluding hydrogens is 457 g/mol. The van der Waals surface area contributed by atoms with E-state index in [0.29, 0.717) is 23.4 Å². The first-order valence-corrected chi connectivity index (χ1v) is 13.5. The number of imidazole rings is 1. The zero-order chi connectivity index (χ0) is 17.3. The highest BCUT2D eigenvalue weighted by atomic mass is 127. The summed E-state index contributed by atoms with van der Waals surface area (Å²) in [5.41, 5.74) is 1.52. The number of halogens is 2. The molecule has 0 atom stereocenters. The molecule has 3 rings (SSSR count). The summed E-state index contributed by atoms with van der Waals surface area (Å²) in [6.45, 7) is 8.21. The van der Waals surface area contributed by atoms with Gasteiger partial charge in [0.2, 0.25) is 0 Å². The Balaban J connectivity index is 1.81. The van der Waals surface area contributed by atoms with Gasteiger partial charge in [-0.15, -0.1) is 0 Å². The number of nitrogens with zero attached hydrogens (tertiary/aromatic N) is 3. The van der Waals surface area contributed by atoms with Crippen LogP contribution in [0.1, 0.15) is 19.3 Å². The van der Waals surface area contributed by atoms with Crippen LogP contribution in [0.3, 0.4) is 0 Å². The van der Waals surface area contributed by atoms with Crippen LogP contribution in [0.5, 0.6) is 6.01 Å². The van der Waals surface area contributed by atoms with Crippen molar-refractivity contribution in [2.75, 3.05) is 6.61 Å². The van der Waals surface area contributed by atoms with Crippen molar-refractivity contribution in [2.45, 2.75) is 57.8 Å². The van der Waals surface area contributed by atoms with Gasteiger partial charge in [0.15, 0.2) is 5.65 Å². The van der Waals surface area contributed by atoms with Gasteiger partial charge in [-0.25, -0.2) is 4.98 Å². The zero-order valence-electron chi connectivity index (χ0n) is 14.3. The summed E-state index contributed by atoms with van der Waals surface area (Å²) in [5, 5.41) is 0.626. The summed E-state index contributed by atoms with van der Waals surface area (Å²) in [6.07, 6.45) is 3.66. The topological polar surface area (TPSA) is 49.2 Å². The summed E-state index contributed by atoms with van der Waals surface area (Å²) in [7, 11) is -1.10. The SMILES string of the molecule is C[Si](C)(C)CCOCn1c(OC2CCC2)nc2nc(I)c(Cl)cc21. The van der Waals surface area contributed by atoms with Crippen molar-refractivity contribution >= 4 is 53.4 Å². The first-order chi connectivity index (χ1) is 11.3. The van der Waals surface area contributed by atoms with Crippen molar-refractivity contribution in [3.05, 3.63) is 14.8 Å². The van der Waals surface area contributed by atoms with Crippen LogP contribution in [0, 0.1) is 3.70 Å². The first kappa shape index (κ1) is 18.4. The van der Waals surface area contributed by atoms with E-state index in [1.165, 1.54) is 6.42 Å². The van der Waals surface area contributed by atoms with Crippen LogP contribution in [-0.2, 0) is 11.5 Å². The Kier molecular flexibility index (Phi) is 5.73. The number of ether oxygens (including phenoxy) is 2. The van der Waals surface area contributed by atoms with Crippen LogP contribution in [0.2, 0.25) is 30.7 Å². The molecule has 132 valence electrons. The number of pyridine rings is 1. The van der Waals surface area contributed by atoms with Gasteiger partial charge < -0.3 is 9.47 Å². The van der Waals surface area contributed by atoms with E-state index in [2.05, 4.69) is 52.2 Å². The minimum Gasteiger partial charge on any atom is -0.461 e. The normalized spacial score (nSPS) is 15.7. The molecule has 0 bridgehead atoms. The van der Waals surface area contributed by atoms with Gasteiger partial charge in [0.1, 0.15) is 16.5 Å². The fourth-order valence-electron chi connectivity index (χ4n) is 2.37. The quantitative estimate of drug-likeness (QED) is 0.244. The standard InChI is InChI=1S/C16H23ClIN3O2Si/c1-24(2,3)8-7-22-10-21-13-9-12(17)14(18)19-15(13)20-16(21)23-11-5-4-6-11/h9,11H,4-8,10H2,1-3H3. The first-order valence-electron chi connectivity index (χ1n) is 8.30. The molecule has 0 saturated heterocycles. The van der Waals surface area contributed by atoms with Gasteiger partial charge in [0, 0.05) is 14.7 Å². The Labute approximate surface area is 162 Å². The maximum atomic E-state index is 6.25. The van der Waals surface area contributed by atoms with Crippen LogP contribution in [0.15, 0.2) is 6.07 Å². The smallest absolute Gasteiger partial charge is 0.301 e. The van der Waals surface area contributed by atoms with Crippen molar-refractivity contribution in [3.8, 4) is 6.01 Å². The van der Waals surface area contributed by atoms with Crippen LogP contribution < -0.4 is 4.74 Å². The molecule has 0 spiro atoms. The molecule has 0 radical (unpaired) electrons. The second kappa shape index (κ2) is 7.47. The summed E-state index contributed by atoms with van der Waals surface area (Å²) in [5.74, 6) is 0. The van der Waals surface area contributed by atoms with Gasteiger partial charge in [0.05, 0.1) is 10.5 Å². The van der Waals surface area contributed by atoms with Gasteiger partial charge in [-0.1, -0.05) is 31.2 Å². The highest BCUT2D eigenvalue weighted by Crippen LogP contribution is 2.29. The average Bonchev–Trinajstić information content (AvgIpc) is 2.76. The third kappa shape index (κ3) is 4.42. The van der Waals surface area contributed by atoms with Crippen LogP contribution in [0.4, 0.5) is 0 Å². The second-order valence-corrected chi connectivity index (χ2v) is 14.5. The van der Waals surface area contributed by atoms with Crippen molar-refractivity contribution < 1.29 is 9.47 Å². The molecule has 1 aliphatic rings. The number of rotatable bonds is 7. The monoisotopic (exact) mass is 479 g/mol. The molecule has 2 aromatic heterocycles. The molecule has 1 aliphatic carbocycles. The molecule has 0 aromatic carbocycles. The van der Waals surface area contributed by atoms with Crippen LogP contribution in [0.25, 0.3) is 11.2 Å². The van der Waals surface area contributed by atoms with Crippen LogP contribution >= 0.6 is 34.2 Å². The highest BCUT2D eigenvalue weighted by Gasteiger charge is 2.23. The van der Waals surface area contributed by atoms with Crippen molar-refractivity contribution in [3.63, 3.8) is 0 Å². The minimum absolute atomic E-state index is 0.261. The summed E-state index contributed by atoms with van der Waals surface area (Å²) in [4.78, 5) is 9.03. The van der Waals surface area contributed by atoms with Crippen molar-refractivity contribution in [2.24, 2.45) is 0 Å². The van der Waals surface area contributed by atoms with Crippen LogP contribution in [-0.4, -0.2) is 35.3 Å². The molecule has 5 nitrogen and oxygen atoms in total.